The lowest BCUT2D eigenvalue weighted by molar-refractivity contribution is -0.141. The molecule has 3 aromatic rings. The first-order valence-corrected chi connectivity index (χ1v) is 8.06. The molecule has 0 atom stereocenters. The van der Waals surface area contributed by atoms with Gasteiger partial charge in [0.2, 0.25) is 0 Å². The predicted molar refractivity (Wildman–Crippen MR) is 95.9 cm³/mol. The van der Waals surface area contributed by atoms with Crippen LogP contribution in [0.4, 0.5) is 0 Å². The lowest BCUT2D eigenvalue weighted by Crippen LogP contribution is -2.26. The SMILES string of the molecule is COC(=O)Cn1c(CNC(=O)c2ccccc2OC)nc2ccccc21. The number of methoxy groups -OCH3 is 2. The van der Waals surface area contributed by atoms with Gasteiger partial charge < -0.3 is 19.4 Å². The average Bonchev–Trinajstić information content (AvgIpc) is 3.03. The lowest BCUT2D eigenvalue weighted by Gasteiger charge is -2.10. The van der Waals surface area contributed by atoms with Gasteiger partial charge in [0.05, 0.1) is 37.4 Å². The average molecular weight is 353 g/mol. The van der Waals surface area contributed by atoms with Crippen LogP contribution in [0.15, 0.2) is 48.5 Å². The third-order valence-electron chi connectivity index (χ3n) is 4.01. The van der Waals surface area contributed by atoms with Crippen molar-refractivity contribution in [3.63, 3.8) is 0 Å². The second kappa shape index (κ2) is 7.69. The Bertz CT molecular complexity index is 949. The van der Waals surface area contributed by atoms with Gasteiger partial charge >= 0.3 is 5.97 Å². The molecule has 0 saturated carbocycles. The molecule has 0 aliphatic carbocycles. The fourth-order valence-corrected chi connectivity index (χ4v) is 2.72. The molecule has 0 spiro atoms. The number of ether oxygens (including phenoxy) is 2. The first kappa shape index (κ1) is 17.5. The summed E-state index contributed by atoms with van der Waals surface area (Å²) in [5, 5.41) is 2.83. The minimum absolute atomic E-state index is 0.0247. The van der Waals surface area contributed by atoms with Gasteiger partial charge in [0.1, 0.15) is 18.1 Å². The molecule has 7 nitrogen and oxygen atoms in total. The van der Waals surface area contributed by atoms with E-state index >= 15 is 0 Å². The maximum atomic E-state index is 12.5. The summed E-state index contributed by atoms with van der Waals surface area (Å²) in [6, 6.07) is 14.4. The molecule has 0 fully saturated rings. The zero-order chi connectivity index (χ0) is 18.5. The highest BCUT2D eigenvalue weighted by Gasteiger charge is 2.16. The van der Waals surface area contributed by atoms with Crippen LogP contribution in [0.3, 0.4) is 0 Å². The monoisotopic (exact) mass is 353 g/mol. The van der Waals surface area contributed by atoms with Crippen molar-refractivity contribution in [2.75, 3.05) is 14.2 Å². The van der Waals surface area contributed by atoms with Gasteiger partial charge in [0, 0.05) is 0 Å². The highest BCUT2D eigenvalue weighted by molar-refractivity contribution is 5.96. The van der Waals surface area contributed by atoms with E-state index in [0.29, 0.717) is 17.1 Å². The zero-order valence-electron chi connectivity index (χ0n) is 14.6. The number of nitrogens with one attached hydrogen (secondary N) is 1. The summed E-state index contributed by atoms with van der Waals surface area (Å²) in [7, 11) is 2.85. The summed E-state index contributed by atoms with van der Waals surface area (Å²) in [6.45, 7) is 0.194. The summed E-state index contributed by atoms with van der Waals surface area (Å²) < 4.78 is 11.7. The van der Waals surface area contributed by atoms with E-state index < -0.39 is 0 Å². The van der Waals surface area contributed by atoms with Crippen LogP contribution < -0.4 is 10.1 Å². The van der Waals surface area contributed by atoms with Crippen molar-refractivity contribution in [2.24, 2.45) is 0 Å². The van der Waals surface area contributed by atoms with Gasteiger partial charge in [-0.2, -0.15) is 0 Å². The molecule has 0 aliphatic rings. The molecule has 134 valence electrons. The van der Waals surface area contributed by atoms with Gasteiger partial charge in [0.25, 0.3) is 5.91 Å². The summed E-state index contributed by atoms with van der Waals surface area (Å²) in [5.74, 6) is 0.400. The van der Waals surface area contributed by atoms with E-state index in [1.807, 2.05) is 24.3 Å². The number of aromatic nitrogens is 2. The molecule has 0 aliphatic heterocycles. The molecule has 2 aromatic carbocycles. The van der Waals surface area contributed by atoms with E-state index in [2.05, 4.69) is 10.3 Å². The number of para-hydroxylation sites is 3. The van der Waals surface area contributed by atoms with Crippen molar-refractivity contribution >= 4 is 22.9 Å². The van der Waals surface area contributed by atoms with Crippen molar-refractivity contribution in [1.29, 1.82) is 0 Å². The van der Waals surface area contributed by atoms with Crippen LogP contribution in [0.25, 0.3) is 11.0 Å². The number of carbonyl (C=O) groups excluding carboxylic acids is 2. The highest BCUT2D eigenvalue weighted by atomic mass is 16.5. The Kier molecular flexibility index (Phi) is 5.17. The van der Waals surface area contributed by atoms with Crippen molar-refractivity contribution in [1.82, 2.24) is 14.9 Å². The normalized spacial score (nSPS) is 10.5. The van der Waals surface area contributed by atoms with E-state index in [0.717, 1.165) is 11.0 Å². The van der Waals surface area contributed by atoms with E-state index in [1.54, 1.807) is 28.8 Å². The second-order valence-corrected chi connectivity index (χ2v) is 5.56. The number of carbonyl (C=O) groups is 2. The number of benzene rings is 2. The van der Waals surface area contributed by atoms with E-state index in [1.165, 1.54) is 14.2 Å². The fraction of sp³-hybridized carbons (Fsp3) is 0.211. The van der Waals surface area contributed by atoms with Crippen LogP contribution >= 0.6 is 0 Å². The van der Waals surface area contributed by atoms with E-state index in [9.17, 15) is 9.59 Å². The first-order chi connectivity index (χ1) is 12.6. The molecular formula is C19H19N3O4. The number of hydrogen-bond donors (Lipinski definition) is 1. The highest BCUT2D eigenvalue weighted by Crippen LogP contribution is 2.18. The summed E-state index contributed by atoms with van der Waals surface area (Å²) in [5.41, 5.74) is 1.99. The van der Waals surface area contributed by atoms with Gasteiger partial charge in [-0.25, -0.2) is 4.98 Å². The molecule has 26 heavy (non-hydrogen) atoms. The van der Waals surface area contributed by atoms with Gasteiger partial charge in [-0.1, -0.05) is 24.3 Å². The van der Waals surface area contributed by atoms with Crippen LogP contribution in [0.5, 0.6) is 5.75 Å². The quantitative estimate of drug-likeness (QED) is 0.687. The van der Waals surface area contributed by atoms with Crippen LogP contribution in [0, 0.1) is 0 Å². The molecule has 0 bridgehead atoms. The summed E-state index contributed by atoms with van der Waals surface area (Å²) in [4.78, 5) is 28.7. The molecule has 1 amide bonds. The van der Waals surface area contributed by atoms with E-state index in [-0.39, 0.29) is 25.0 Å². The maximum Gasteiger partial charge on any atom is 0.325 e. The Labute approximate surface area is 150 Å². The number of amides is 1. The predicted octanol–water partition coefficient (Wildman–Crippen LogP) is 2.15. The third-order valence-corrected chi connectivity index (χ3v) is 4.01. The molecular weight excluding hydrogens is 334 g/mol. The van der Waals surface area contributed by atoms with Gasteiger partial charge in [-0.3, -0.25) is 9.59 Å². The maximum absolute atomic E-state index is 12.5. The fourth-order valence-electron chi connectivity index (χ4n) is 2.72. The first-order valence-electron chi connectivity index (χ1n) is 8.06. The number of hydrogen-bond acceptors (Lipinski definition) is 5. The molecule has 1 N–H and O–H groups in total. The van der Waals surface area contributed by atoms with Gasteiger partial charge in [-0.15, -0.1) is 0 Å². The van der Waals surface area contributed by atoms with Crippen molar-refractivity contribution in [2.45, 2.75) is 13.1 Å². The third kappa shape index (κ3) is 3.51. The molecule has 7 heteroatoms. The Morgan fingerprint density at radius 1 is 1.08 bits per heavy atom. The minimum atomic E-state index is -0.384. The molecule has 0 saturated heterocycles. The summed E-state index contributed by atoms with van der Waals surface area (Å²) in [6.07, 6.45) is 0. The van der Waals surface area contributed by atoms with Crippen molar-refractivity contribution in [3.8, 4) is 5.75 Å². The minimum Gasteiger partial charge on any atom is -0.496 e. The summed E-state index contributed by atoms with van der Waals surface area (Å²) >= 11 is 0. The molecule has 3 rings (SSSR count). The number of nitrogens with zero attached hydrogens (tertiary/aromatic N) is 2. The van der Waals surface area contributed by atoms with Crippen LogP contribution in [-0.4, -0.2) is 35.6 Å². The molecule has 1 heterocycles. The molecule has 0 unspecified atom stereocenters. The van der Waals surface area contributed by atoms with Crippen LogP contribution in [0.2, 0.25) is 0 Å². The lowest BCUT2D eigenvalue weighted by atomic mass is 10.2. The van der Waals surface area contributed by atoms with Crippen molar-refractivity contribution < 1.29 is 19.1 Å². The Morgan fingerprint density at radius 2 is 1.81 bits per heavy atom. The number of imidazole rings is 1. The smallest absolute Gasteiger partial charge is 0.325 e. The zero-order valence-corrected chi connectivity index (χ0v) is 14.6. The molecule has 1 aromatic heterocycles. The standard InChI is InChI=1S/C19H19N3O4/c1-25-16-10-6-3-7-13(16)19(24)20-11-17-21-14-8-4-5-9-15(14)22(17)12-18(23)26-2/h3-10H,11-12H2,1-2H3,(H,20,24). The van der Waals surface area contributed by atoms with Gasteiger partial charge in [0.15, 0.2) is 0 Å². The number of fused-ring (bicyclic) bond motifs is 1. The Balaban J connectivity index is 1.85. The number of rotatable bonds is 6. The largest absolute Gasteiger partial charge is 0.496 e. The Hall–Kier alpha value is -3.35. The Morgan fingerprint density at radius 3 is 2.58 bits per heavy atom. The van der Waals surface area contributed by atoms with Crippen molar-refractivity contribution in [3.05, 3.63) is 59.9 Å². The van der Waals surface area contributed by atoms with Crippen LogP contribution in [0.1, 0.15) is 16.2 Å². The van der Waals surface area contributed by atoms with Crippen LogP contribution in [-0.2, 0) is 22.6 Å². The number of esters is 1. The van der Waals surface area contributed by atoms with Gasteiger partial charge in [-0.05, 0) is 24.3 Å². The second-order valence-electron chi connectivity index (χ2n) is 5.56. The molecule has 0 radical (unpaired) electrons. The topological polar surface area (TPSA) is 82.5 Å². The van der Waals surface area contributed by atoms with E-state index in [4.69, 9.17) is 9.47 Å².